The fourth-order valence-electron chi connectivity index (χ4n) is 2.07. The molecule has 0 unspecified atom stereocenters. The third-order valence-electron chi connectivity index (χ3n) is 3.19. The average Bonchev–Trinajstić information content (AvgIpc) is 2.74. The number of ether oxygens (including phenoxy) is 1. The van der Waals surface area contributed by atoms with Crippen LogP contribution in [0.4, 0.5) is 0 Å². The fourth-order valence-corrected chi connectivity index (χ4v) is 2.07. The second-order valence-electron chi connectivity index (χ2n) is 4.93. The van der Waals surface area contributed by atoms with E-state index in [1.807, 2.05) is 51.1 Å². The molecule has 2 aromatic rings. The van der Waals surface area contributed by atoms with E-state index in [4.69, 9.17) is 4.74 Å². The van der Waals surface area contributed by atoms with Gasteiger partial charge in [-0.1, -0.05) is 18.2 Å². The Morgan fingerprint density at radius 2 is 2.00 bits per heavy atom. The number of aromatic amines is 1. The van der Waals surface area contributed by atoms with E-state index in [1.165, 1.54) is 0 Å². The first-order valence-electron chi connectivity index (χ1n) is 6.66. The summed E-state index contributed by atoms with van der Waals surface area (Å²) in [6.07, 6.45) is 0. The van der Waals surface area contributed by atoms with Crippen LogP contribution in [0.5, 0.6) is 5.75 Å². The Kier molecular flexibility index (Phi) is 4.45. The Labute approximate surface area is 119 Å². The maximum Gasteiger partial charge on any atom is 0.258 e. The summed E-state index contributed by atoms with van der Waals surface area (Å²) in [6.45, 7) is 6.51. The zero-order valence-corrected chi connectivity index (χ0v) is 12.1. The van der Waals surface area contributed by atoms with Crippen LogP contribution in [-0.4, -0.2) is 17.5 Å². The molecular weight excluding hydrogens is 252 g/mol. The van der Waals surface area contributed by atoms with Gasteiger partial charge < -0.3 is 15.0 Å². The van der Waals surface area contributed by atoms with E-state index in [2.05, 4.69) is 10.3 Å². The molecule has 1 amide bonds. The molecular formula is C16H20N2O2. The molecule has 4 heteroatoms. The van der Waals surface area contributed by atoms with E-state index in [1.54, 1.807) is 0 Å². The number of hydrogen-bond donors (Lipinski definition) is 2. The Bertz CT molecular complexity index is 602. The summed E-state index contributed by atoms with van der Waals surface area (Å²) < 4.78 is 5.50. The molecule has 0 radical (unpaired) electrons. The smallest absolute Gasteiger partial charge is 0.258 e. The van der Waals surface area contributed by atoms with E-state index in [9.17, 15) is 4.79 Å². The van der Waals surface area contributed by atoms with Crippen LogP contribution in [0, 0.1) is 20.8 Å². The lowest BCUT2D eigenvalue weighted by Gasteiger charge is -2.09. The van der Waals surface area contributed by atoms with Crippen LogP contribution in [0.3, 0.4) is 0 Å². The van der Waals surface area contributed by atoms with Crippen molar-refractivity contribution in [1.82, 2.24) is 10.3 Å². The van der Waals surface area contributed by atoms with Crippen LogP contribution >= 0.6 is 0 Å². The third-order valence-corrected chi connectivity index (χ3v) is 3.19. The summed E-state index contributed by atoms with van der Waals surface area (Å²) in [6, 6.07) is 9.70. The lowest BCUT2D eigenvalue weighted by atomic mass is 10.2. The molecule has 4 nitrogen and oxygen atoms in total. The summed E-state index contributed by atoms with van der Waals surface area (Å²) >= 11 is 0. The van der Waals surface area contributed by atoms with Crippen LogP contribution < -0.4 is 10.1 Å². The highest BCUT2D eigenvalue weighted by Crippen LogP contribution is 2.15. The van der Waals surface area contributed by atoms with E-state index < -0.39 is 0 Å². The Hall–Kier alpha value is -2.23. The number of aryl methyl sites for hydroxylation is 3. The van der Waals surface area contributed by atoms with Gasteiger partial charge in [-0.15, -0.1) is 0 Å². The summed E-state index contributed by atoms with van der Waals surface area (Å²) in [5.74, 6) is 0.628. The van der Waals surface area contributed by atoms with Crippen LogP contribution in [0.15, 0.2) is 30.3 Å². The minimum Gasteiger partial charge on any atom is -0.484 e. The first-order valence-corrected chi connectivity index (χ1v) is 6.66. The molecule has 2 N–H and O–H groups in total. The highest BCUT2D eigenvalue weighted by atomic mass is 16.5. The minimum atomic E-state index is -0.119. The van der Waals surface area contributed by atoms with Gasteiger partial charge in [-0.3, -0.25) is 4.79 Å². The zero-order valence-electron chi connectivity index (χ0n) is 12.1. The van der Waals surface area contributed by atoms with Gasteiger partial charge in [0.1, 0.15) is 5.75 Å². The van der Waals surface area contributed by atoms with Gasteiger partial charge in [0, 0.05) is 17.9 Å². The molecule has 0 spiro atoms. The van der Waals surface area contributed by atoms with Crippen molar-refractivity contribution in [3.63, 3.8) is 0 Å². The number of benzene rings is 1. The summed E-state index contributed by atoms with van der Waals surface area (Å²) in [4.78, 5) is 15.0. The highest BCUT2D eigenvalue weighted by Gasteiger charge is 2.06. The number of amides is 1. The number of carbonyl (C=O) groups is 1. The molecule has 1 aromatic heterocycles. The maximum absolute atomic E-state index is 11.8. The molecule has 0 bridgehead atoms. The van der Waals surface area contributed by atoms with Crippen molar-refractivity contribution in [2.75, 3.05) is 6.61 Å². The van der Waals surface area contributed by atoms with Gasteiger partial charge in [0.2, 0.25) is 0 Å². The normalized spacial score (nSPS) is 10.3. The lowest BCUT2D eigenvalue weighted by Crippen LogP contribution is -2.28. The Morgan fingerprint density at radius 1 is 1.25 bits per heavy atom. The van der Waals surface area contributed by atoms with Crippen molar-refractivity contribution < 1.29 is 9.53 Å². The number of rotatable bonds is 5. The quantitative estimate of drug-likeness (QED) is 0.879. The van der Waals surface area contributed by atoms with Crippen molar-refractivity contribution in [3.8, 4) is 5.75 Å². The van der Waals surface area contributed by atoms with Gasteiger partial charge in [-0.25, -0.2) is 0 Å². The molecule has 106 valence electrons. The number of para-hydroxylation sites is 1. The molecule has 2 rings (SSSR count). The molecule has 0 atom stereocenters. The molecule has 0 saturated carbocycles. The first kappa shape index (κ1) is 14.2. The number of aromatic nitrogens is 1. The van der Waals surface area contributed by atoms with Crippen LogP contribution in [0.2, 0.25) is 0 Å². The monoisotopic (exact) mass is 272 g/mol. The molecule has 1 aromatic carbocycles. The number of nitrogens with one attached hydrogen (secondary N) is 2. The standard InChI is InChI=1S/C16H20N2O2/c1-11-6-4-5-7-15(11)20-10-16(19)17-9-14-8-12(2)18-13(14)3/h4-8,18H,9-10H2,1-3H3,(H,17,19). The molecule has 0 fully saturated rings. The summed E-state index contributed by atoms with van der Waals surface area (Å²) in [5.41, 5.74) is 4.31. The van der Waals surface area contributed by atoms with Crippen molar-refractivity contribution >= 4 is 5.91 Å². The van der Waals surface area contributed by atoms with Crippen molar-refractivity contribution in [2.45, 2.75) is 27.3 Å². The van der Waals surface area contributed by atoms with Gasteiger partial charge in [0.25, 0.3) is 5.91 Å². The lowest BCUT2D eigenvalue weighted by molar-refractivity contribution is -0.123. The second kappa shape index (κ2) is 6.28. The Balaban J connectivity index is 1.82. The van der Waals surface area contributed by atoms with Crippen LogP contribution in [0.1, 0.15) is 22.5 Å². The van der Waals surface area contributed by atoms with E-state index in [0.717, 1.165) is 28.3 Å². The van der Waals surface area contributed by atoms with Crippen molar-refractivity contribution in [2.24, 2.45) is 0 Å². The minimum absolute atomic E-state index is 0.0350. The van der Waals surface area contributed by atoms with Gasteiger partial charge in [0.05, 0.1) is 0 Å². The molecule has 0 aliphatic heterocycles. The molecule has 0 aliphatic rings. The molecule has 1 heterocycles. The maximum atomic E-state index is 11.8. The predicted molar refractivity (Wildman–Crippen MR) is 78.8 cm³/mol. The first-order chi connectivity index (χ1) is 9.56. The van der Waals surface area contributed by atoms with E-state index in [-0.39, 0.29) is 12.5 Å². The third kappa shape index (κ3) is 3.63. The average molecular weight is 272 g/mol. The topological polar surface area (TPSA) is 54.1 Å². The number of hydrogen-bond acceptors (Lipinski definition) is 2. The number of carbonyl (C=O) groups excluding carboxylic acids is 1. The second-order valence-corrected chi connectivity index (χ2v) is 4.93. The van der Waals surface area contributed by atoms with E-state index >= 15 is 0 Å². The summed E-state index contributed by atoms with van der Waals surface area (Å²) in [5, 5.41) is 2.86. The highest BCUT2D eigenvalue weighted by molar-refractivity contribution is 5.77. The van der Waals surface area contributed by atoms with Crippen LogP contribution in [0.25, 0.3) is 0 Å². The van der Waals surface area contributed by atoms with Crippen molar-refractivity contribution in [1.29, 1.82) is 0 Å². The molecule has 20 heavy (non-hydrogen) atoms. The SMILES string of the molecule is Cc1cc(CNC(=O)COc2ccccc2C)c(C)[nH]1. The largest absolute Gasteiger partial charge is 0.484 e. The van der Waals surface area contributed by atoms with Gasteiger partial charge in [-0.2, -0.15) is 0 Å². The van der Waals surface area contributed by atoms with Gasteiger partial charge in [0.15, 0.2) is 6.61 Å². The van der Waals surface area contributed by atoms with Crippen molar-refractivity contribution in [3.05, 3.63) is 52.8 Å². The number of H-pyrrole nitrogens is 1. The van der Waals surface area contributed by atoms with E-state index in [0.29, 0.717) is 6.54 Å². The van der Waals surface area contributed by atoms with Gasteiger partial charge in [-0.05, 0) is 44.0 Å². The van der Waals surface area contributed by atoms with Gasteiger partial charge >= 0.3 is 0 Å². The van der Waals surface area contributed by atoms with Crippen LogP contribution in [-0.2, 0) is 11.3 Å². The zero-order chi connectivity index (χ0) is 14.5. The molecule has 0 aliphatic carbocycles. The predicted octanol–water partition coefficient (Wildman–Crippen LogP) is 2.64. The summed E-state index contributed by atoms with van der Waals surface area (Å²) in [7, 11) is 0. The fraction of sp³-hybridized carbons (Fsp3) is 0.312. The molecule has 0 saturated heterocycles. The Morgan fingerprint density at radius 3 is 2.65 bits per heavy atom.